The largest absolute Gasteiger partial charge is 0.303 e. The minimum Gasteiger partial charge on any atom is -0.303 e. The average molecular weight is 263 g/mol. The van der Waals surface area contributed by atoms with E-state index in [0.717, 1.165) is 6.42 Å². The second-order valence-electron chi connectivity index (χ2n) is 5.67. The number of aryl methyl sites for hydroxylation is 1. The second-order valence-corrected chi connectivity index (χ2v) is 5.67. The van der Waals surface area contributed by atoms with Crippen LogP contribution in [0, 0.1) is 0 Å². The first-order valence-electron chi connectivity index (χ1n) is 7.27. The third kappa shape index (κ3) is 2.54. The fourth-order valence-corrected chi connectivity index (χ4v) is 2.95. The first kappa shape index (κ1) is 13.1. The van der Waals surface area contributed by atoms with E-state index in [4.69, 9.17) is 0 Å². The molecule has 20 heavy (non-hydrogen) atoms. The van der Waals surface area contributed by atoms with Gasteiger partial charge < -0.3 is 4.90 Å². The highest BCUT2D eigenvalue weighted by Crippen LogP contribution is 2.31. The van der Waals surface area contributed by atoms with Crippen LogP contribution in [0.5, 0.6) is 0 Å². The summed E-state index contributed by atoms with van der Waals surface area (Å²) in [6.45, 7) is 0. The van der Waals surface area contributed by atoms with E-state index < -0.39 is 0 Å². The van der Waals surface area contributed by atoms with Crippen molar-refractivity contribution in [2.75, 3.05) is 14.1 Å². The lowest BCUT2D eigenvalue weighted by Gasteiger charge is -2.20. The van der Waals surface area contributed by atoms with Crippen molar-refractivity contribution in [3.05, 3.63) is 77.4 Å². The standard InChI is InChI=1S/C19H21N/c1-20(2)17-13-12-16-10-6-7-11-18(16)19(14-17)15-8-4-3-5-9-15/h3-11,14,17H,12-13H2,1-2H3. The Morgan fingerprint density at radius 1 is 0.900 bits per heavy atom. The smallest absolute Gasteiger partial charge is 0.0284 e. The summed E-state index contributed by atoms with van der Waals surface area (Å²) in [4.78, 5) is 2.31. The minimum absolute atomic E-state index is 0.498. The molecule has 0 heterocycles. The van der Waals surface area contributed by atoms with Crippen molar-refractivity contribution in [1.29, 1.82) is 0 Å². The Labute approximate surface area is 121 Å². The molecule has 0 fully saturated rings. The summed E-state index contributed by atoms with van der Waals surface area (Å²) < 4.78 is 0. The summed E-state index contributed by atoms with van der Waals surface area (Å²) in [7, 11) is 4.33. The second kappa shape index (κ2) is 5.64. The van der Waals surface area contributed by atoms with Gasteiger partial charge in [0.15, 0.2) is 0 Å². The van der Waals surface area contributed by atoms with Gasteiger partial charge in [0.2, 0.25) is 0 Å². The van der Waals surface area contributed by atoms with Crippen molar-refractivity contribution in [2.45, 2.75) is 18.9 Å². The van der Waals surface area contributed by atoms with Crippen molar-refractivity contribution in [3.63, 3.8) is 0 Å². The van der Waals surface area contributed by atoms with Gasteiger partial charge in [-0.15, -0.1) is 0 Å². The van der Waals surface area contributed by atoms with Crippen LogP contribution in [0.2, 0.25) is 0 Å². The molecule has 3 rings (SSSR count). The SMILES string of the molecule is CN(C)C1C=C(c2ccccc2)c2ccccc2CC1. The maximum absolute atomic E-state index is 2.43. The predicted molar refractivity (Wildman–Crippen MR) is 85.8 cm³/mol. The number of rotatable bonds is 2. The monoisotopic (exact) mass is 263 g/mol. The summed E-state index contributed by atoms with van der Waals surface area (Å²) in [5.41, 5.74) is 5.54. The molecule has 2 aromatic carbocycles. The van der Waals surface area contributed by atoms with Crippen molar-refractivity contribution >= 4 is 5.57 Å². The van der Waals surface area contributed by atoms with Crippen molar-refractivity contribution < 1.29 is 0 Å². The molecule has 0 amide bonds. The Kier molecular flexibility index (Phi) is 3.70. The van der Waals surface area contributed by atoms with Crippen molar-refractivity contribution in [2.24, 2.45) is 0 Å². The van der Waals surface area contributed by atoms with E-state index in [9.17, 15) is 0 Å². The van der Waals surface area contributed by atoms with Gasteiger partial charge in [0.05, 0.1) is 0 Å². The fourth-order valence-electron chi connectivity index (χ4n) is 2.95. The zero-order valence-corrected chi connectivity index (χ0v) is 12.2. The molecule has 0 aliphatic heterocycles. The van der Waals surface area contributed by atoms with Crippen LogP contribution in [0.4, 0.5) is 0 Å². The normalized spacial score (nSPS) is 18.4. The summed E-state index contributed by atoms with van der Waals surface area (Å²) >= 11 is 0. The summed E-state index contributed by atoms with van der Waals surface area (Å²) in [6.07, 6.45) is 4.76. The molecule has 0 radical (unpaired) electrons. The van der Waals surface area contributed by atoms with Crippen molar-refractivity contribution in [1.82, 2.24) is 4.90 Å². The van der Waals surface area contributed by atoms with Crippen LogP contribution in [-0.2, 0) is 6.42 Å². The molecule has 0 saturated heterocycles. The van der Waals surface area contributed by atoms with Gasteiger partial charge in [0, 0.05) is 6.04 Å². The van der Waals surface area contributed by atoms with E-state index in [2.05, 4.69) is 79.7 Å². The predicted octanol–water partition coefficient (Wildman–Crippen LogP) is 3.99. The quantitative estimate of drug-likeness (QED) is 0.791. The van der Waals surface area contributed by atoms with E-state index in [1.807, 2.05) is 0 Å². The van der Waals surface area contributed by atoms with Crippen LogP contribution in [0.25, 0.3) is 5.57 Å². The zero-order valence-electron chi connectivity index (χ0n) is 12.2. The molecule has 0 bridgehead atoms. The third-order valence-electron chi connectivity index (χ3n) is 4.12. The number of benzene rings is 2. The summed E-state index contributed by atoms with van der Waals surface area (Å²) in [6, 6.07) is 20.1. The van der Waals surface area contributed by atoms with Crippen LogP contribution in [-0.4, -0.2) is 25.0 Å². The molecule has 1 atom stereocenters. The molecule has 1 aliphatic rings. The Morgan fingerprint density at radius 2 is 1.60 bits per heavy atom. The molecule has 0 saturated carbocycles. The van der Waals surface area contributed by atoms with E-state index in [-0.39, 0.29) is 0 Å². The lowest BCUT2D eigenvalue weighted by molar-refractivity contribution is 0.329. The fraction of sp³-hybridized carbons (Fsp3) is 0.263. The molecule has 0 N–H and O–H groups in total. The third-order valence-corrected chi connectivity index (χ3v) is 4.12. The highest BCUT2D eigenvalue weighted by atomic mass is 15.1. The first-order chi connectivity index (χ1) is 9.75. The van der Waals surface area contributed by atoms with Crippen LogP contribution < -0.4 is 0 Å². The van der Waals surface area contributed by atoms with Gasteiger partial charge in [-0.05, 0) is 49.2 Å². The highest BCUT2D eigenvalue weighted by Gasteiger charge is 2.18. The Balaban J connectivity index is 2.14. The lowest BCUT2D eigenvalue weighted by atomic mass is 9.94. The Bertz CT molecular complexity index is 611. The topological polar surface area (TPSA) is 3.24 Å². The molecule has 0 aromatic heterocycles. The molecule has 1 aliphatic carbocycles. The molecule has 1 nitrogen and oxygen atoms in total. The molecule has 2 aromatic rings. The number of likely N-dealkylation sites (N-methyl/N-ethyl adjacent to an activating group) is 1. The number of hydrogen-bond acceptors (Lipinski definition) is 1. The molecular formula is C19H21N. The van der Waals surface area contributed by atoms with Gasteiger partial charge >= 0.3 is 0 Å². The number of hydrogen-bond donors (Lipinski definition) is 0. The van der Waals surface area contributed by atoms with Crippen LogP contribution in [0.3, 0.4) is 0 Å². The van der Waals surface area contributed by atoms with Gasteiger partial charge in [-0.25, -0.2) is 0 Å². The maximum Gasteiger partial charge on any atom is 0.0284 e. The van der Waals surface area contributed by atoms with E-state index in [1.165, 1.54) is 28.7 Å². The van der Waals surface area contributed by atoms with Gasteiger partial charge in [-0.2, -0.15) is 0 Å². The number of fused-ring (bicyclic) bond motifs is 1. The average Bonchev–Trinajstić information content (AvgIpc) is 2.68. The minimum atomic E-state index is 0.498. The van der Waals surface area contributed by atoms with Crippen LogP contribution in [0.15, 0.2) is 60.7 Å². The molecule has 1 heteroatoms. The highest BCUT2D eigenvalue weighted by molar-refractivity contribution is 5.82. The zero-order chi connectivity index (χ0) is 13.9. The van der Waals surface area contributed by atoms with Gasteiger partial charge in [0.25, 0.3) is 0 Å². The summed E-state index contributed by atoms with van der Waals surface area (Å²) in [5.74, 6) is 0. The van der Waals surface area contributed by atoms with E-state index >= 15 is 0 Å². The van der Waals surface area contributed by atoms with Crippen molar-refractivity contribution in [3.8, 4) is 0 Å². The van der Waals surface area contributed by atoms with Gasteiger partial charge in [-0.1, -0.05) is 60.7 Å². The summed E-state index contributed by atoms with van der Waals surface area (Å²) in [5, 5.41) is 0. The van der Waals surface area contributed by atoms with Gasteiger partial charge in [-0.3, -0.25) is 0 Å². The van der Waals surface area contributed by atoms with E-state index in [0.29, 0.717) is 6.04 Å². The van der Waals surface area contributed by atoms with Crippen LogP contribution in [0.1, 0.15) is 23.1 Å². The lowest BCUT2D eigenvalue weighted by Crippen LogP contribution is -2.26. The van der Waals surface area contributed by atoms with E-state index in [1.54, 1.807) is 0 Å². The Morgan fingerprint density at radius 3 is 2.35 bits per heavy atom. The molecule has 0 spiro atoms. The molecular weight excluding hydrogens is 242 g/mol. The maximum atomic E-state index is 2.43. The number of nitrogens with zero attached hydrogens (tertiary/aromatic N) is 1. The first-order valence-corrected chi connectivity index (χ1v) is 7.27. The molecule has 1 unspecified atom stereocenters. The Hall–Kier alpha value is -1.86. The van der Waals surface area contributed by atoms with Crippen LogP contribution >= 0.6 is 0 Å². The molecule has 102 valence electrons. The van der Waals surface area contributed by atoms with Gasteiger partial charge in [0.1, 0.15) is 0 Å².